The number of carbonyl (C=O) groups excluding carboxylic acids is 1. The smallest absolute Gasteiger partial charge is 0.243 e. The van der Waals surface area contributed by atoms with E-state index in [-0.39, 0.29) is 11.9 Å². The molecule has 3 N–H and O–H groups in total. The Bertz CT molecular complexity index is 695. The third-order valence-corrected chi connectivity index (χ3v) is 6.91. The molecule has 2 aliphatic carbocycles. The standard InChI is InChI=1S/C22H31N3O/c1-13-4-3-11-23-19(13)21(15-9-10-15)25-22(26)18-12-16-5-2-6-17(14-7-8-14)20(16)24-18/h2,5-6,13-15,18-19,21,23-24H,3-4,7-12H2,1H3,(H,25,26). The highest BCUT2D eigenvalue weighted by molar-refractivity contribution is 5.88. The van der Waals surface area contributed by atoms with Crippen LogP contribution < -0.4 is 16.0 Å². The summed E-state index contributed by atoms with van der Waals surface area (Å²) in [5.74, 6) is 2.22. The number of anilines is 1. The van der Waals surface area contributed by atoms with Crippen molar-refractivity contribution in [3.05, 3.63) is 29.3 Å². The summed E-state index contributed by atoms with van der Waals surface area (Å²) < 4.78 is 0. The molecule has 140 valence electrons. The molecule has 1 saturated heterocycles. The second-order valence-electron chi connectivity index (χ2n) is 9.03. The SMILES string of the molecule is CC1CCCNC1C(NC(=O)C1Cc2cccc(C3CC3)c2N1)C1CC1. The summed E-state index contributed by atoms with van der Waals surface area (Å²) in [6, 6.07) is 7.21. The molecule has 26 heavy (non-hydrogen) atoms. The highest BCUT2D eigenvalue weighted by Crippen LogP contribution is 2.46. The average molecular weight is 354 g/mol. The van der Waals surface area contributed by atoms with Crippen LogP contribution in [0.4, 0.5) is 5.69 Å². The summed E-state index contributed by atoms with van der Waals surface area (Å²) in [6.45, 7) is 3.43. The van der Waals surface area contributed by atoms with Crippen LogP contribution in [0.1, 0.15) is 62.5 Å². The first-order valence-electron chi connectivity index (χ1n) is 10.6. The minimum atomic E-state index is -0.106. The van der Waals surface area contributed by atoms with Crippen LogP contribution in [0.25, 0.3) is 0 Å². The molecule has 0 radical (unpaired) electrons. The third-order valence-electron chi connectivity index (χ3n) is 6.91. The third kappa shape index (κ3) is 3.13. The molecular formula is C22H31N3O. The molecule has 2 saturated carbocycles. The summed E-state index contributed by atoms with van der Waals surface area (Å²) in [7, 11) is 0. The number of piperidine rings is 1. The van der Waals surface area contributed by atoms with Gasteiger partial charge in [-0.15, -0.1) is 0 Å². The maximum atomic E-state index is 13.1. The molecule has 2 heterocycles. The van der Waals surface area contributed by atoms with Gasteiger partial charge in [0.25, 0.3) is 0 Å². The average Bonchev–Trinajstić information content (AvgIpc) is 3.56. The minimum absolute atomic E-state index is 0.106. The van der Waals surface area contributed by atoms with Gasteiger partial charge >= 0.3 is 0 Å². The normalized spacial score (nSPS) is 31.8. The van der Waals surface area contributed by atoms with Crippen molar-refractivity contribution in [1.82, 2.24) is 10.6 Å². The lowest BCUT2D eigenvalue weighted by molar-refractivity contribution is -0.123. The molecule has 3 fully saturated rings. The highest BCUT2D eigenvalue weighted by Gasteiger charge is 2.42. The van der Waals surface area contributed by atoms with Crippen LogP contribution in [0.2, 0.25) is 0 Å². The van der Waals surface area contributed by atoms with Crippen molar-refractivity contribution < 1.29 is 4.79 Å². The largest absolute Gasteiger partial charge is 0.373 e. The Morgan fingerprint density at radius 2 is 2.04 bits per heavy atom. The monoisotopic (exact) mass is 353 g/mol. The summed E-state index contributed by atoms with van der Waals surface area (Å²) in [4.78, 5) is 13.1. The van der Waals surface area contributed by atoms with E-state index in [9.17, 15) is 4.79 Å². The van der Waals surface area contributed by atoms with E-state index in [1.807, 2.05) is 0 Å². The van der Waals surface area contributed by atoms with Gasteiger partial charge in [0.1, 0.15) is 6.04 Å². The summed E-state index contributed by atoms with van der Waals surface area (Å²) in [5.41, 5.74) is 4.00. The zero-order valence-corrected chi connectivity index (χ0v) is 15.8. The van der Waals surface area contributed by atoms with E-state index in [0.29, 0.717) is 29.8 Å². The number of para-hydroxylation sites is 1. The first-order chi connectivity index (χ1) is 12.7. The molecular weight excluding hydrogens is 322 g/mol. The van der Waals surface area contributed by atoms with E-state index in [0.717, 1.165) is 13.0 Å². The number of hydrogen-bond acceptors (Lipinski definition) is 3. The number of fused-ring (bicyclic) bond motifs is 1. The quantitative estimate of drug-likeness (QED) is 0.762. The van der Waals surface area contributed by atoms with Crippen LogP contribution in [0.3, 0.4) is 0 Å². The molecule has 1 aromatic carbocycles. The van der Waals surface area contributed by atoms with Crippen LogP contribution in [0.5, 0.6) is 0 Å². The van der Waals surface area contributed by atoms with Gasteiger partial charge in [-0.1, -0.05) is 25.1 Å². The Balaban J connectivity index is 1.28. The van der Waals surface area contributed by atoms with Crippen molar-refractivity contribution >= 4 is 11.6 Å². The van der Waals surface area contributed by atoms with Gasteiger partial charge in [-0.3, -0.25) is 4.79 Å². The summed E-state index contributed by atoms with van der Waals surface area (Å²) >= 11 is 0. The van der Waals surface area contributed by atoms with Gasteiger partial charge in [0.15, 0.2) is 0 Å². The van der Waals surface area contributed by atoms with Crippen molar-refractivity contribution in [2.24, 2.45) is 11.8 Å². The molecule has 1 aromatic rings. The lowest BCUT2D eigenvalue weighted by atomic mass is 9.85. The van der Waals surface area contributed by atoms with E-state index in [1.54, 1.807) is 0 Å². The lowest BCUT2D eigenvalue weighted by Gasteiger charge is -2.37. The number of benzene rings is 1. The fourth-order valence-electron chi connectivity index (χ4n) is 5.08. The van der Waals surface area contributed by atoms with E-state index < -0.39 is 0 Å². The van der Waals surface area contributed by atoms with Crippen molar-refractivity contribution in [3.63, 3.8) is 0 Å². The van der Waals surface area contributed by atoms with Gasteiger partial charge in [-0.25, -0.2) is 0 Å². The Morgan fingerprint density at radius 3 is 2.77 bits per heavy atom. The van der Waals surface area contributed by atoms with Crippen LogP contribution in [0.15, 0.2) is 18.2 Å². The molecule has 4 atom stereocenters. The molecule has 4 heteroatoms. The number of carbonyl (C=O) groups is 1. The molecule has 0 spiro atoms. The van der Waals surface area contributed by atoms with E-state index in [1.165, 1.54) is 55.3 Å². The zero-order valence-electron chi connectivity index (χ0n) is 15.8. The molecule has 4 aliphatic rings. The number of amides is 1. The van der Waals surface area contributed by atoms with Gasteiger partial charge in [-0.2, -0.15) is 0 Å². The Hall–Kier alpha value is -1.55. The van der Waals surface area contributed by atoms with Crippen LogP contribution in [0, 0.1) is 11.8 Å². The summed E-state index contributed by atoms with van der Waals surface area (Å²) in [5, 5.41) is 10.7. The topological polar surface area (TPSA) is 53.2 Å². The van der Waals surface area contributed by atoms with E-state index in [2.05, 4.69) is 41.1 Å². The number of hydrogen-bond donors (Lipinski definition) is 3. The first-order valence-corrected chi connectivity index (χ1v) is 10.6. The van der Waals surface area contributed by atoms with Crippen molar-refractivity contribution in [3.8, 4) is 0 Å². The van der Waals surface area contributed by atoms with Gasteiger partial charge in [0.05, 0.1) is 0 Å². The van der Waals surface area contributed by atoms with E-state index >= 15 is 0 Å². The van der Waals surface area contributed by atoms with Gasteiger partial charge in [0, 0.05) is 24.2 Å². The van der Waals surface area contributed by atoms with Crippen LogP contribution in [-0.2, 0) is 11.2 Å². The Kier molecular flexibility index (Phi) is 4.19. The maximum Gasteiger partial charge on any atom is 0.243 e. The van der Waals surface area contributed by atoms with Gasteiger partial charge in [-0.05, 0) is 74.0 Å². The highest BCUT2D eigenvalue weighted by atomic mass is 16.2. The number of nitrogens with one attached hydrogen (secondary N) is 3. The molecule has 2 aliphatic heterocycles. The van der Waals surface area contributed by atoms with Crippen molar-refractivity contribution in [2.75, 3.05) is 11.9 Å². The fourth-order valence-corrected chi connectivity index (χ4v) is 5.08. The lowest BCUT2D eigenvalue weighted by Crippen LogP contribution is -2.58. The molecule has 1 amide bonds. The first kappa shape index (κ1) is 16.6. The molecule has 0 bridgehead atoms. The van der Waals surface area contributed by atoms with Gasteiger partial charge in [0.2, 0.25) is 5.91 Å². The van der Waals surface area contributed by atoms with Crippen LogP contribution in [-0.4, -0.2) is 30.6 Å². The maximum absolute atomic E-state index is 13.1. The number of rotatable bonds is 5. The second-order valence-corrected chi connectivity index (χ2v) is 9.03. The molecule has 4 nitrogen and oxygen atoms in total. The Labute approximate surface area is 156 Å². The minimum Gasteiger partial charge on any atom is -0.373 e. The van der Waals surface area contributed by atoms with E-state index in [4.69, 9.17) is 0 Å². The van der Waals surface area contributed by atoms with Gasteiger partial charge < -0.3 is 16.0 Å². The van der Waals surface area contributed by atoms with Crippen molar-refractivity contribution in [1.29, 1.82) is 0 Å². The molecule has 5 rings (SSSR count). The Morgan fingerprint density at radius 1 is 1.19 bits per heavy atom. The summed E-state index contributed by atoms with van der Waals surface area (Å²) in [6.07, 6.45) is 8.47. The predicted molar refractivity (Wildman–Crippen MR) is 104 cm³/mol. The zero-order chi connectivity index (χ0) is 17.7. The molecule has 0 aromatic heterocycles. The molecule has 4 unspecified atom stereocenters. The van der Waals surface area contributed by atoms with Crippen LogP contribution >= 0.6 is 0 Å². The second kappa shape index (κ2) is 6.56. The van der Waals surface area contributed by atoms with Crippen molar-refractivity contribution in [2.45, 2.75) is 75.9 Å². The fraction of sp³-hybridized carbons (Fsp3) is 0.682. The predicted octanol–water partition coefficient (Wildman–Crippen LogP) is 3.18.